The highest BCUT2D eigenvalue weighted by atomic mass is 16.5. The first kappa shape index (κ1) is 12.0. The molecule has 1 fully saturated rings. The van der Waals surface area contributed by atoms with Crippen molar-refractivity contribution in [3.63, 3.8) is 0 Å². The number of carbonyl (C=O) groups excluding carboxylic acids is 1. The molecule has 1 aliphatic carbocycles. The Morgan fingerprint density at radius 3 is 2.82 bits per heavy atom. The Bertz CT molecular complexity index is 396. The van der Waals surface area contributed by atoms with Gasteiger partial charge in [0.1, 0.15) is 0 Å². The van der Waals surface area contributed by atoms with Crippen LogP contribution in [0.15, 0.2) is 4.52 Å². The Morgan fingerprint density at radius 1 is 1.53 bits per heavy atom. The molecule has 0 aliphatic heterocycles. The number of hydrogen-bond donors (Lipinski definition) is 2. The largest absolute Gasteiger partial charge is 0.321 e. The first-order chi connectivity index (χ1) is 8.22. The molecule has 0 unspecified atom stereocenters. The van der Waals surface area contributed by atoms with Crippen LogP contribution >= 0.6 is 0 Å². The summed E-state index contributed by atoms with van der Waals surface area (Å²) >= 11 is 0. The highest BCUT2D eigenvalue weighted by Crippen LogP contribution is 2.25. The van der Waals surface area contributed by atoms with E-state index in [1.54, 1.807) is 0 Å². The van der Waals surface area contributed by atoms with Crippen LogP contribution in [0.2, 0.25) is 0 Å². The third-order valence-electron chi connectivity index (χ3n) is 3.16. The van der Waals surface area contributed by atoms with Crippen molar-refractivity contribution in [1.29, 1.82) is 0 Å². The van der Waals surface area contributed by atoms with E-state index in [0.29, 0.717) is 18.5 Å². The van der Waals surface area contributed by atoms with Gasteiger partial charge in [-0.05, 0) is 17.5 Å². The van der Waals surface area contributed by atoms with Gasteiger partial charge >= 0.3 is 5.88 Å². The standard InChI is InChI=1S/C11H18N4O2/c1-8(16)13-11-10(7-12)15(14-17-11)9-5-3-2-4-6-9/h9H,2-7,12H2,1H3/p+1. The molecule has 6 nitrogen and oxygen atoms in total. The lowest BCUT2D eigenvalue weighted by atomic mass is 9.95. The third-order valence-corrected chi connectivity index (χ3v) is 3.16. The van der Waals surface area contributed by atoms with E-state index >= 15 is 0 Å². The predicted octanol–water partition coefficient (Wildman–Crippen LogP) is 0.884. The second-order valence-corrected chi connectivity index (χ2v) is 4.47. The van der Waals surface area contributed by atoms with Gasteiger partial charge in [-0.3, -0.25) is 14.6 Å². The van der Waals surface area contributed by atoms with Crippen LogP contribution in [0.5, 0.6) is 0 Å². The average Bonchev–Trinajstić information content (AvgIpc) is 2.72. The number of nitrogens with two attached hydrogens (primary N) is 1. The summed E-state index contributed by atoms with van der Waals surface area (Å²) in [7, 11) is 0. The molecule has 0 saturated heterocycles. The molecule has 1 amide bonds. The van der Waals surface area contributed by atoms with E-state index in [0.717, 1.165) is 18.5 Å². The molecular weight excluding hydrogens is 220 g/mol. The number of nitrogens with one attached hydrogen (secondary N) is 1. The van der Waals surface area contributed by atoms with Crippen LogP contribution in [0.4, 0.5) is 5.88 Å². The van der Waals surface area contributed by atoms with Gasteiger partial charge in [0.15, 0.2) is 6.04 Å². The van der Waals surface area contributed by atoms with Crippen molar-refractivity contribution in [1.82, 2.24) is 5.27 Å². The van der Waals surface area contributed by atoms with Crippen LogP contribution in [0.25, 0.3) is 0 Å². The Hall–Kier alpha value is -1.43. The molecule has 1 aromatic rings. The van der Waals surface area contributed by atoms with E-state index in [4.69, 9.17) is 10.3 Å². The van der Waals surface area contributed by atoms with Crippen molar-refractivity contribution < 1.29 is 14.0 Å². The van der Waals surface area contributed by atoms with Crippen LogP contribution < -0.4 is 15.7 Å². The maximum absolute atomic E-state index is 11.0. The first-order valence-electron chi connectivity index (χ1n) is 6.10. The van der Waals surface area contributed by atoms with Crippen LogP contribution in [0, 0.1) is 0 Å². The molecule has 0 radical (unpaired) electrons. The minimum atomic E-state index is -0.174. The highest BCUT2D eigenvalue weighted by Gasteiger charge is 2.32. The lowest BCUT2D eigenvalue weighted by Crippen LogP contribution is -2.46. The minimum absolute atomic E-state index is 0.174. The molecule has 1 aromatic heterocycles. The number of rotatable bonds is 3. The minimum Gasteiger partial charge on any atom is -0.321 e. The van der Waals surface area contributed by atoms with Crippen molar-refractivity contribution in [2.75, 3.05) is 5.32 Å². The van der Waals surface area contributed by atoms with Crippen LogP contribution in [0.1, 0.15) is 50.8 Å². The van der Waals surface area contributed by atoms with E-state index in [-0.39, 0.29) is 5.91 Å². The highest BCUT2D eigenvalue weighted by molar-refractivity contribution is 5.87. The summed E-state index contributed by atoms with van der Waals surface area (Å²) in [6.45, 7) is 1.75. The van der Waals surface area contributed by atoms with E-state index in [1.165, 1.54) is 26.2 Å². The van der Waals surface area contributed by atoms with Crippen LogP contribution in [-0.4, -0.2) is 11.2 Å². The Kier molecular flexibility index (Phi) is 3.73. The topological polar surface area (TPSA) is 85.0 Å². The third kappa shape index (κ3) is 2.63. The Balaban J connectivity index is 2.21. The van der Waals surface area contributed by atoms with Gasteiger partial charge in [0.25, 0.3) is 5.69 Å². The lowest BCUT2D eigenvalue weighted by molar-refractivity contribution is -0.792. The van der Waals surface area contributed by atoms with Gasteiger partial charge in [0.2, 0.25) is 11.2 Å². The molecule has 0 spiro atoms. The van der Waals surface area contributed by atoms with Crippen molar-refractivity contribution in [3.05, 3.63) is 5.69 Å². The number of anilines is 1. The molecule has 1 saturated carbocycles. The fourth-order valence-electron chi connectivity index (χ4n) is 2.34. The molecule has 0 bridgehead atoms. The Morgan fingerprint density at radius 2 is 2.24 bits per heavy atom. The molecule has 1 aliphatic rings. The molecule has 0 aromatic carbocycles. The molecule has 3 N–H and O–H groups in total. The quantitative estimate of drug-likeness (QED) is 0.767. The first-order valence-corrected chi connectivity index (χ1v) is 6.10. The number of aromatic nitrogens is 2. The fraction of sp³-hybridized carbons (Fsp3) is 0.727. The summed E-state index contributed by atoms with van der Waals surface area (Å²) in [4.78, 5) is 11.0. The summed E-state index contributed by atoms with van der Waals surface area (Å²) in [6, 6.07) is 0.355. The van der Waals surface area contributed by atoms with Gasteiger partial charge in [0, 0.05) is 19.8 Å². The molecule has 17 heavy (non-hydrogen) atoms. The monoisotopic (exact) mass is 239 g/mol. The Labute approximate surface area is 100 Å². The molecule has 2 rings (SSSR count). The number of hydrogen-bond acceptors (Lipinski definition) is 4. The molecule has 1 heterocycles. The second kappa shape index (κ2) is 5.27. The van der Waals surface area contributed by atoms with Crippen LogP contribution in [-0.2, 0) is 11.3 Å². The maximum atomic E-state index is 11.0. The summed E-state index contributed by atoms with van der Waals surface area (Å²) in [5.74, 6) is 0.206. The molecule has 0 atom stereocenters. The van der Waals surface area contributed by atoms with E-state index < -0.39 is 0 Å². The normalized spacial score (nSPS) is 17.1. The zero-order valence-electron chi connectivity index (χ0n) is 10.1. The summed E-state index contributed by atoms with van der Waals surface area (Å²) in [5, 5.41) is 6.63. The van der Waals surface area contributed by atoms with E-state index in [1.807, 2.05) is 4.68 Å². The van der Waals surface area contributed by atoms with E-state index in [2.05, 4.69) is 10.6 Å². The maximum Gasteiger partial charge on any atom is 0.306 e. The van der Waals surface area contributed by atoms with Crippen LogP contribution in [0.3, 0.4) is 0 Å². The molecule has 6 heteroatoms. The SMILES string of the molecule is CC(=O)Nc1on[n+](C2CCCCC2)c1CN. The zero-order chi connectivity index (χ0) is 12.3. The summed E-state index contributed by atoms with van der Waals surface area (Å²) in [6.07, 6.45) is 5.91. The van der Waals surface area contributed by atoms with Crippen molar-refractivity contribution >= 4 is 11.8 Å². The van der Waals surface area contributed by atoms with Gasteiger partial charge in [-0.15, -0.1) is 0 Å². The smallest absolute Gasteiger partial charge is 0.306 e. The number of carbonyl (C=O) groups is 1. The second-order valence-electron chi connectivity index (χ2n) is 4.47. The number of amides is 1. The predicted molar refractivity (Wildman–Crippen MR) is 61.0 cm³/mol. The van der Waals surface area contributed by atoms with Crippen molar-refractivity contribution in [2.45, 2.75) is 51.6 Å². The number of nitrogens with zero attached hydrogens (tertiary/aromatic N) is 2. The van der Waals surface area contributed by atoms with Gasteiger partial charge < -0.3 is 5.73 Å². The summed E-state index contributed by atoms with van der Waals surface area (Å²) in [5.41, 5.74) is 6.48. The molecular formula is C11H19N4O2+. The lowest BCUT2D eigenvalue weighted by Gasteiger charge is -2.14. The average molecular weight is 239 g/mol. The summed E-state index contributed by atoms with van der Waals surface area (Å²) < 4.78 is 6.99. The van der Waals surface area contributed by atoms with Crippen molar-refractivity contribution in [2.24, 2.45) is 5.73 Å². The zero-order valence-corrected chi connectivity index (χ0v) is 10.1. The van der Waals surface area contributed by atoms with E-state index in [9.17, 15) is 4.79 Å². The fourth-order valence-corrected chi connectivity index (χ4v) is 2.34. The van der Waals surface area contributed by atoms with Crippen molar-refractivity contribution in [3.8, 4) is 0 Å². The van der Waals surface area contributed by atoms with Gasteiger partial charge in [0.05, 0.1) is 6.54 Å². The van der Waals surface area contributed by atoms with Gasteiger partial charge in [-0.2, -0.15) is 0 Å². The molecule has 94 valence electrons. The van der Waals surface area contributed by atoms with Gasteiger partial charge in [-0.25, -0.2) is 0 Å². The van der Waals surface area contributed by atoms with Gasteiger partial charge in [-0.1, -0.05) is 6.42 Å².